The zero-order valence-electron chi connectivity index (χ0n) is 10.6. The summed E-state index contributed by atoms with van der Waals surface area (Å²) in [4.78, 5) is 0. The number of hydrogen-bond donors (Lipinski definition) is 1. The summed E-state index contributed by atoms with van der Waals surface area (Å²) in [6, 6.07) is 8.53. The number of hydrogen-bond acceptors (Lipinski definition) is 2. The van der Waals surface area contributed by atoms with Gasteiger partial charge in [0.1, 0.15) is 5.82 Å². The molecule has 0 radical (unpaired) electrons. The Morgan fingerprint density at radius 2 is 2.00 bits per heavy atom. The first-order chi connectivity index (χ1) is 8.83. The Labute approximate surface area is 113 Å². The van der Waals surface area contributed by atoms with Crippen molar-refractivity contribution >= 4 is 11.8 Å². The van der Waals surface area contributed by atoms with Gasteiger partial charge in [-0.25, -0.2) is 4.39 Å². The molecule has 18 heavy (non-hydrogen) atoms. The first-order valence-corrected chi connectivity index (χ1v) is 8.06. The molecule has 1 aromatic carbocycles. The van der Waals surface area contributed by atoms with Gasteiger partial charge in [0, 0.05) is 17.8 Å². The number of halogens is 1. The monoisotopic (exact) mass is 265 g/mol. The van der Waals surface area contributed by atoms with E-state index in [-0.39, 0.29) is 5.82 Å². The van der Waals surface area contributed by atoms with Crippen LogP contribution in [0.5, 0.6) is 0 Å². The summed E-state index contributed by atoms with van der Waals surface area (Å²) in [6.07, 6.45) is 4.85. The molecule has 0 bridgehead atoms. The maximum Gasteiger partial charge on any atom is 0.126 e. The van der Waals surface area contributed by atoms with Crippen molar-refractivity contribution in [3.05, 3.63) is 35.6 Å². The fraction of sp³-hybridized carbons (Fsp3) is 0.600. The molecule has 3 rings (SSSR count). The standard InChI is InChI=1S/C15H20FNS/c16-15-6-2-1-5-14(15)11-8-13(9-11)17-12-4-3-7-18-10-12/h1-2,5-6,11-13,17H,3-4,7-10H2. The van der Waals surface area contributed by atoms with Crippen molar-refractivity contribution in [2.45, 2.75) is 43.7 Å². The summed E-state index contributed by atoms with van der Waals surface area (Å²) in [5.41, 5.74) is 0.911. The van der Waals surface area contributed by atoms with Crippen LogP contribution in [0.4, 0.5) is 4.39 Å². The predicted octanol–water partition coefficient (Wildman–Crippen LogP) is 3.56. The fourth-order valence-electron chi connectivity index (χ4n) is 3.02. The second kappa shape index (κ2) is 5.62. The first kappa shape index (κ1) is 12.5. The molecule has 3 heteroatoms. The van der Waals surface area contributed by atoms with Crippen LogP contribution in [0.3, 0.4) is 0 Å². The van der Waals surface area contributed by atoms with Crippen LogP contribution in [0.2, 0.25) is 0 Å². The summed E-state index contributed by atoms with van der Waals surface area (Å²) in [6.45, 7) is 0. The van der Waals surface area contributed by atoms with Gasteiger partial charge in [0.05, 0.1) is 0 Å². The molecular formula is C15H20FNS. The average molecular weight is 265 g/mol. The molecule has 0 aromatic heterocycles. The summed E-state index contributed by atoms with van der Waals surface area (Å²) in [5, 5.41) is 3.73. The van der Waals surface area contributed by atoms with E-state index in [0.29, 0.717) is 18.0 Å². The number of benzene rings is 1. The maximum atomic E-state index is 13.6. The maximum absolute atomic E-state index is 13.6. The highest BCUT2D eigenvalue weighted by molar-refractivity contribution is 7.99. The molecule has 98 valence electrons. The largest absolute Gasteiger partial charge is 0.310 e. The molecule has 1 saturated carbocycles. The highest BCUT2D eigenvalue weighted by Gasteiger charge is 2.33. The minimum Gasteiger partial charge on any atom is -0.310 e. The van der Waals surface area contributed by atoms with Gasteiger partial charge in [-0.15, -0.1) is 0 Å². The van der Waals surface area contributed by atoms with Gasteiger partial charge in [0.15, 0.2) is 0 Å². The van der Waals surface area contributed by atoms with Gasteiger partial charge >= 0.3 is 0 Å². The average Bonchev–Trinajstić information content (AvgIpc) is 2.36. The zero-order chi connectivity index (χ0) is 12.4. The first-order valence-electron chi connectivity index (χ1n) is 6.91. The van der Waals surface area contributed by atoms with E-state index in [1.807, 2.05) is 12.1 Å². The van der Waals surface area contributed by atoms with Gasteiger partial charge < -0.3 is 5.32 Å². The normalized spacial score (nSPS) is 31.9. The Hall–Kier alpha value is -0.540. The van der Waals surface area contributed by atoms with E-state index in [0.717, 1.165) is 18.4 Å². The van der Waals surface area contributed by atoms with Crippen LogP contribution >= 0.6 is 11.8 Å². The number of thioether (sulfide) groups is 1. The Balaban J connectivity index is 1.49. The third-order valence-electron chi connectivity index (χ3n) is 4.11. The third-order valence-corrected chi connectivity index (χ3v) is 5.33. The van der Waals surface area contributed by atoms with Crippen LogP contribution in [-0.2, 0) is 0 Å². The number of rotatable bonds is 3. The summed E-state index contributed by atoms with van der Waals surface area (Å²) >= 11 is 2.06. The van der Waals surface area contributed by atoms with Gasteiger partial charge in [-0.3, -0.25) is 0 Å². The molecule has 1 nitrogen and oxygen atoms in total. The summed E-state index contributed by atoms with van der Waals surface area (Å²) < 4.78 is 13.6. The Bertz CT molecular complexity index is 397. The van der Waals surface area contributed by atoms with E-state index < -0.39 is 0 Å². The molecule has 1 N–H and O–H groups in total. The molecule has 1 heterocycles. The van der Waals surface area contributed by atoms with E-state index in [1.165, 1.54) is 24.3 Å². The SMILES string of the molecule is Fc1ccccc1C1CC(NC2CCCSC2)C1. The lowest BCUT2D eigenvalue weighted by Crippen LogP contribution is -2.47. The molecule has 1 atom stereocenters. The number of nitrogens with one attached hydrogen (secondary N) is 1. The minimum atomic E-state index is -0.0332. The lowest BCUT2D eigenvalue weighted by Gasteiger charge is -2.39. The quantitative estimate of drug-likeness (QED) is 0.897. The van der Waals surface area contributed by atoms with Crippen molar-refractivity contribution in [2.75, 3.05) is 11.5 Å². The van der Waals surface area contributed by atoms with Gasteiger partial charge in [-0.05, 0) is 49.0 Å². The van der Waals surface area contributed by atoms with Crippen LogP contribution < -0.4 is 5.32 Å². The lowest BCUT2D eigenvalue weighted by molar-refractivity contribution is 0.261. The third kappa shape index (κ3) is 2.72. The van der Waals surface area contributed by atoms with Gasteiger partial charge in [0.25, 0.3) is 0 Å². The molecule has 1 unspecified atom stereocenters. The highest BCUT2D eigenvalue weighted by Crippen LogP contribution is 2.38. The van der Waals surface area contributed by atoms with Crippen LogP contribution in [0, 0.1) is 5.82 Å². The van der Waals surface area contributed by atoms with Gasteiger partial charge in [-0.2, -0.15) is 11.8 Å². The Kier molecular flexibility index (Phi) is 3.90. The predicted molar refractivity (Wildman–Crippen MR) is 75.6 cm³/mol. The molecule has 0 spiro atoms. The topological polar surface area (TPSA) is 12.0 Å². The van der Waals surface area contributed by atoms with Crippen molar-refractivity contribution in [1.82, 2.24) is 5.32 Å². The Morgan fingerprint density at radius 1 is 1.17 bits per heavy atom. The zero-order valence-corrected chi connectivity index (χ0v) is 11.4. The van der Waals surface area contributed by atoms with Crippen molar-refractivity contribution in [3.8, 4) is 0 Å². The smallest absolute Gasteiger partial charge is 0.126 e. The van der Waals surface area contributed by atoms with Crippen LogP contribution in [0.1, 0.15) is 37.2 Å². The van der Waals surface area contributed by atoms with E-state index in [4.69, 9.17) is 0 Å². The second-order valence-corrected chi connectivity index (χ2v) is 6.62. The molecule has 0 amide bonds. The summed E-state index contributed by atoms with van der Waals surface area (Å²) in [7, 11) is 0. The van der Waals surface area contributed by atoms with Crippen LogP contribution in [0.25, 0.3) is 0 Å². The molecule has 1 aliphatic heterocycles. The molecular weight excluding hydrogens is 245 g/mol. The lowest BCUT2D eigenvalue weighted by atomic mass is 9.75. The molecule has 2 aliphatic rings. The van der Waals surface area contributed by atoms with Gasteiger partial charge in [-0.1, -0.05) is 18.2 Å². The van der Waals surface area contributed by atoms with E-state index in [2.05, 4.69) is 17.1 Å². The summed E-state index contributed by atoms with van der Waals surface area (Å²) in [5.74, 6) is 2.97. The van der Waals surface area contributed by atoms with E-state index in [9.17, 15) is 4.39 Å². The molecule has 1 saturated heterocycles. The van der Waals surface area contributed by atoms with Crippen molar-refractivity contribution in [3.63, 3.8) is 0 Å². The van der Waals surface area contributed by atoms with Crippen molar-refractivity contribution in [1.29, 1.82) is 0 Å². The minimum absolute atomic E-state index is 0.0332. The fourth-order valence-corrected chi connectivity index (χ4v) is 4.10. The van der Waals surface area contributed by atoms with E-state index in [1.54, 1.807) is 12.1 Å². The van der Waals surface area contributed by atoms with E-state index >= 15 is 0 Å². The molecule has 1 aliphatic carbocycles. The van der Waals surface area contributed by atoms with Crippen molar-refractivity contribution in [2.24, 2.45) is 0 Å². The highest BCUT2D eigenvalue weighted by atomic mass is 32.2. The Morgan fingerprint density at radius 3 is 2.72 bits per heavy atom. The second-order valence-electron chi connectivity index (χ2n) is 5.47. The van der Waals surface area contributed by atoms with Gasteiger partial charge in [0.2, 0.25) is 0 Å². The van der Waals surface area contributed by atoms with Crippen LogP contribution in [0.15, 0.2) is 24.3 Å². The molecule has 1 aromatic rings. The van der Waals surface area contributed by atoms with Crippen LogP contribution in [-0.4, -0.2) is 23.6 Å². The van der Waals surface area contributed by atoms with Crippen molar-refractivity contribution < 1.29 is 4.39 Å². The molecule has 2 fully saturated rings.